The fourth-order valence-corrected chi connectivity index (χ4v) is 3.32. The number of benzene rings is 1. The van der Waals surface area contributed by atoms with Crippen LogP contribution in [0.25, 0.3) is 0 Å². The highest BCUT2D eigenvalue weighted by Crippen LogP contribution is 2.33. The summed E-state index contributed by atoms with van der Waals surface area (Å²) in [4.78, 5) is 15.7. The second-order valence-corrected chi connectivity index (χ2v) is 5.72. The van der Waals surface area contributed by atoms with Crippen LogP contribution in [0.15, 0.2) is 18.2 Å². The molecule has 1 saturated carbocycles. The summed E-state index contributed by atoms with van der Waals surface area (Å²) in [6.45, 7) is 0. The molecule has 1 aromatic rings. The topological polar surface area (TPSA) is 49.6 Å². The third-order valence-corrected chi connectivity index (χ3v) is 4.58. The Bertz CT molecular complexity index is 514. The van der Waals surface area contributed by atoms with Crippen LogP contribution in [-0.4, -0.2) is 32.1 Å². The molecule has 19 heavy (non-hydrogen) atoms. The van der Waals surface area contributed by atoms with Gasteiger partial charge in [0, 0.05) is 37.6 Å². The molecule has 2 aliphatic rings. The average molecular weight is 259 g/mol. The summed E-state index contributed by atoms with van der Waals surface area (Å²) in [5.74, 6) is 0.173. The number of likely N-dealkylation sites (N-methyl/N-ethyl adjacent to an activating group) is 2. The smallest absolute Gasteiger partial charge is 0.231 e. The molecule has 2 unspecified atom stereocenters. The number of nitrogens with zero attached hydrogens (tertiary/aromatic N) is 2. The summed E-state index contributed by atoms with van der Waals surface area (Å²) in [5.41, 5.74) is 9.51. The highest BCUT2D eigenvalue weighted by Gasteiger charge is 2.29. The Hall–Kier alpha value is -1.55. The van der Waals surface area contributed by atoms with Crippen molar-refractivity contribution in [3.05, 3.63) is 23.8 Å². The van der Waals surface area contributed by atoms with E-state index >= 15 is 0 Å². The number of nitrogens with two attached hydrogens (primary N) is 1. The second-order valence-electron chi connectivity index (χ2n) is 5.72. The number of carbonyl (C=O) groups excluding carboxylic acids is 1. The molecule has 0 spiro atoms. The van der Waals surface area contributed by atoms with E-state index in [2.05, 4.69) is 24.1 Å². The van der Waals surface area contributed by atoms with Crippen molar-refractivity contribution in [2.45, 2.75) is 37.8 Å². The maximum absolute atomic E-state index is 11.7. The Morgan fingerprint density at radius 1 is 1.37 bits per heavy atom. The molecule has 0 radical (unpaired) electrons. The summed E-state index contributed by atoms with van der Waals surface area (Å²) in [6.07, 6.45) is 4.00. The zero-order valence-corrected chi connectivity index (χ0v) is 11.6. The van der Waals surface area contributed by atoms with Crippen molar-refractivity contribution in [3.63, 3.8) is 0 Å². The van der Waals surface area contributed by atoms with Crippen molar-refractivity contribution in [2.75, 3.05) is 23.9 Å². The van der Waals surface area contributed by atoms with Gasteiger partial charge in [-0.2, -0.15) is 0 Å². The monoisotopic (exact) mass is 259 g/mol. The molecule has 1 aromatic carbocycles. The molecular formula is C15H21N3O. The van der Waals surface area contributed by atoms with Crippen LogP contribution in [0.2, 0.25) is 0 Å². The fourth-order valence-electron chi connectivity index (χ4n) is 3.32. The van der Waals surface area contributed by atoms with E-state index in [1.165, 1.54) is 12.1 Å². The van der Waals surface area contributed by atoms with E-state index in [0.29, 0.717) is 12.5 Å². The van der Waals surface area contributed by atoms with Gasteiger partial charge >= 0.3 is 0 Å². The summed E-state index contributed by atoms with van der Waals surface area (Å²) in [7, 11) is 3.95. The van der Waals surface area contributed by atoms with Gasteiger partial charge in [-0.05, 0) is 43.0 Å². The number of amides is 1. The second kappa shape index (κ2) is 4.53. The van der Waals surface area contributed by atoms with E-state index in [0.717, 1.165) is 24.1 Å². The van der Waals surface area contributed by atoms with Crippen molar-refractivity contribution in [1.82, 2.24) is 0 Å². The van der Waals surface area contributed by atoms with Crippen LogP contribution >= 0.6 is 0 Å². The molecule has 3 rings (SSSR count). The number of hydrogen-bond donors (Lipinski definition) is 1. The van der Waals surface area contributed by atoms with Crippen LogP contribution in [0.5, 0.6) is 0 Å². The van der Waals surface area contributed by atoms with Crippen molar-refractivity contribution >= 4 is 17.3 Å². The van der Waals surface area contributed by atoms with Crippen LogP contribution in [-0.2, 0) is 11.2 Å². The lowest BCUT2D eigenvalue weighted by atomic mass is 10.1. The molecule has 102 valence electrons. The van der Waals surface area contributed by atoms with Crippen molar-refractivity contribution in [2.24, 2.45) is 5.73 Å². The maximum Gasteiger partial charge on any atom is 0.231 e. The average Bonchev–Trinajstić information content (AvgIpc) is 2.93. The number of carbonyl (C=O) groups is 1. The van der Waals surface area contributed by atoms with E-state index < -0.39 is 0 Å². The van der Waals surface area contributed by atoms with E-state index in [9.17, 15) is 4.79 Å². The van der Waals surface area contributed by atoms with Gasteiger partial charge in [0.05, 0.1) is 6.42 Å². The number of fused-ring (bicyclic) bond motifs is 1. The van der Waals surface area contributed by atoms with Gasteiger partial charge in [-0.15, -0.1) is 0 Å². The van der Waals surface area contributed by atoms with Crippen molar-refractivity contribution in [3.8, 4) is 0 Å². The molecule has 2 N–H and O–H groups in total. The minimum atomic E-state index is 0.173. The van der Waals surface area contributed by atoms with Gasteiger partial charge in [0.1, 0.15) is 0 Å². The molecule has 0 bridgehead atoms. The highest BCUT2D eigenvalue weighted by molar-refractivity contribution is 6.01. The van der Waals surface area contributed by atoms with Crippen molar-refractivity contribution in [1.29, 1.82) is 0 Å². The molecular weight excluding hydrogens is 238 g/mol. The maximum atomic E-state index is 11.7. The molecule has 4 nitrogen and oxygen atoms in total. The molecule has 1 fully saturated rings. The Morgan fingerprint density at radius 2 is 2.16 bits per heavy atom. The molecule has 1 aliphatic heterocycles. The summed E-state index contributed by atoms with van der Waals surface area (Å²) in [6, 6.07) is 6.98. The molecule has 4 heteroatoms. The van der Waals surface area contributed by atoms with Gasteiger partial charge in [0.2, 0.25) is 5.91 Å². The normalized spacial score (nSPS) is 25.8. The van der Waals surface area contributed by atoms with Crippen LogP contribution in [0.1, 0.15) is 24.8 Å². The third kappa shape index (κ3) is 2.00. The molecule has 1 aliphatic carbocycles. The summed E-state index contributed by atoms with van der Waals surface area (Å²) >= 11 is 0. The lowest BCUT2D eigenvalue weighted by Gasteiger charge is -2.30. The van der Waals surface area contributed by atoms with Crippen LogP contribution in [0.3, 0.4) is 0 Å². The number of rotatable bonds is 2. The summed E-state index contributed by atoms with van der Waals surface area (Å²) < 4.78 is 0. The minimum absolute atomic E-state index is 0.173. The van der Waals surface area contributed by atoms with Crippen molar-refractivity contribution < 1.29 is 4.79 Å². The van der Waals surface area contributed by atoms with Gasteiger partial charge in [-0.25, -0.2) is 0 Å². The Labute approximate surface area is 114 Å². The first kappa shape index (κ1) is 12.5. The first-order chi connectivity index (χ1) is 9.08. The van der Waals surface area contributed by atoms with E-state index in [-0.39, 0.29) is 11.9 Å². The SMILES string of the molecule is CN1C(=O)Cc2cc(N(C)C3CCCC3N)ccc21. The minimum Gasteiger partial charge on any atom is -0.370 e. The lowest BCUT2D eigenvalue weighted by Crippen LogP contribution is -2.42. The third-order valence-electron chi connectivity index (χ3n) is 4.58. The molecule has 1 amide bonds. The van der Waals surface area contributed by atoms with Gasteiger partial charge in [-0.1, -0.05) is 0 Å². The van der Waals surface area contributed by atoms with Gasteiger partial charge in [0.15, 0.2) is 0 Å². The zero-order chi connectivity index (χ0) is 13.6. The quantitative estimate of drug-likeness (QED) is 0.876. The number of hydrogen-bond acceptors (Lipinski definition) is 3. The Kier molecular flexibility index (Phi) is 2.97. The predicted molar refractivity (Wildman–Crippen MR) is 77.6 cm³/mol. The van der Waals surface area contributed by atoms with Crippen LogP contribution in [0, 0.1) is 0 Å². The largest absolute Gasteiger partial charge is 0.370 e. The van der Waals surface area contributed by atoms with E-state index in [1.54, 1.807) is 4.90 Å². The number of anilines is 2. The summed E-state index contributed by atoms with van der Waals surface area (Å²) in [5, 5.41) is 0. The Balaban J connectivity index is 1.87. The molecule has 2 atom stereocenters. The van der Waals surface area contributed by atoms with Gasteiger partial charge < -0.3 is 15.5 Å². The molecule has 0 saturated heterocycles. The van der Waals surface area contributed by atoms with Gasteiger partial charge in [0.25, 0.3) is 0 Å². The van der Waals surface area contributed by atoms with Crippen LogP contribution < -0.4 is 15.5 Å². The highest BCUT2D eigenvalue weighted by atomic mass is 16.2. The Morgan fingerprint density at radius 3 is 2.84 bits per heavy atom. The molecule has 0 aromatic heterocycles. The van der Waals surface area contributed by atoms with E-state index in [1.807, 2.05) is 13.1 Å². The first-order valence-electron chi connectivity index (χ1n) is 6.96. The van der Waals surface area contributed by atoms with E-state index in [4.69, 9.17) is 5.73 Å². The zero-order valence-electron chi connectivity index (χ0n) is 11.6. The lowest BCUT2D eigenvalue weighted by molar-refractivity contribution is -0.117. The predicted octanol–water partition coefficient (Wildman–Crippen LogP) is 1.52. The first-order valence-corrected chi connectivity index (χ1v) is 6.96. The standard InChI is InChI=1S/C15H21N3O/c1-17(14-5-3-4-12(14)16)11-6-7-13-10(8-11)9-15(19)18(13)2/h6-8,12,14H,3-5,9,16H2,1-2H3. The fraction of sp³-hybridized carbons (Fsp3) is 0.533. The van der Waals surface area contributed by atoms with Crippen LogP contribution in [0.4, 0.5) is 11.4 Å². The van der Waals surface area contributed by atoms with Gasteiger partial charge in [-0.3, -0.25) is 4.79 Å². The molecule has 1 heterocycles.